The van der Waals surface area contributed by atoms with Crippen LogP contribution in [0.25, 0.3) is 22.4 Å². The van der Waals surface area contributed by atoms with Gasteiger partial charge in [0.15, 0.2) is 9.84 Å². The van der Waals surface area contributed by atoms with Gasteiger partial charge in [0.1, 0.15) is 0 Å². The quantitative estimate of drug-likeness (QED) is 0.786. The molecule has 0 spiro atoms. The van der Waals surface area contributed by atoms with Crippen LogP contribution in [0, 0.1) is 6.92 Å². The fraction of sp³-hybridized carbons (Fsp3) is 0.118. The smallest absolute Gasteiger partial charge is 0.220 e. The van der Waals surface area contributed by atoms with Crippen LogP contribution < -0.4 is 5.73 Å². The Morgan fingerprint density at radius 3 is 2.46 bits per heavy atom. The molecule has 0 aliphatic rings. The Balaban J connectivity index is 2.29. The van der Waals surface area contributed by atoms with E-state index in [1.807, 2.05) is 19.1 Å². The summed E-state index contributed by atoms with van der Waals surface area (Å²) in [6.07, 6.45) is 4.57. The van der Waals surface area contributed by atoms with Gasteiger partial charge in [-0.25, -0.2) is 18.4 Å². The molecular weight excluding hydrogens is 324 g/mol. The van der Waals surface area contributed by atoms with E-state index in [0.717, 1.165) is 11.1 Å². The van der Waals surface area contributed by atoms with Crippen LogP contribution in [0.1, 0.15) is 5.69 Å². The van der Waals surface area contributed by atoms with Crippen molar-refractivity contribution in [1.82, 2.24) is 15.0 Å². The second-order valence-corrected chi connectivity index (χ2v) is 7.45. The number of nitrogens with two attached hydrogens (primary N) is 1. The highest BCUT2D eigenvalue weighted by Crippen LogP contribution is 2.33. The van der Waals surface area contributed by atoms with Gasteiger partial charge >= 0.3 is 0 Å². The molecule has 2 N–H and O–H groups in total. The zero-order chi connectivity index (χ0) is 17.3. The third kappa shape index (κ3) is 3.11. The summed E-state index contributed by atoms with van der Waals surface area (Å²) in [7, 11) is -3.32. The number of sulfone groups is 1. The van der Waals surface area contributed by atoms with Crippen molar-refractivity contribution in [3.63, 3.8) is 0 Å². The van der Waals surface area contributed by atoms with Crippen LogP contribution in [0.2, 0.25) is 0 Å². The lowest BCUT2D eigenvalue weighted by molar-refractivity contribution is 0.602. The molecule has 0 saturated carbocycles. The van der Waals surface area contributed by atoms with Gasteiger partial charge in [-0.3, -0.25) is 4.98 Å². The fourth-order valence-corrected chi connectivity index (χ4v) is 3.20. The molecule has 7 heteroatoms. The summed E-state index contributed by atoms with van der Waals surface area (Å²) in [6.45, 7) is 1.84. The van der Waals surface area contributed by atoms with Crippen molar-refractivity contribution in [1.29, 1.82) is 0 Å². The Kier molecular flexibility index (Phi) is 4.02. The lowest BCUT2D eigenvalue weighted by atomic mass is 9.99. The van der Waals surface area contributed by atoms with Crippen LogP contribution in [0.5, 0.6) is 0 Å². The Morgan fingerprint density at radius 1 is 1.04 bits per heavy atom. The molecule has 0 fully saturated rings. The summed E-state index contributed by atoms with van der Waals surface area (Å²) in [4.78, 5) is 12.9. The molecule has 3 aromatic rings. The molecule has 0 bridgehead atoms. The van der Waals surface area contributed by atoms with E-state index in [0.29, 0.717) is 17.0 Å². The number of rotatable bonds is 3. The van der Waals surface area contributed by atoms with E-state index >= 15 is 0 Å². The first kappa shape index (κ1) is 16.1. The topological polar surface area (TPSA) is 98.8 Å². The molecule has 24 heavy (non-hydrogen) atoms. The molecule has 0 aliphatic heterocycles. The molecule has 0 aliphatic carbocycles. The fourth-order valence-electron chi connectivity index (χ4n) is 2.53. The van der Waals surface area contributed by atoms with Crippen LogP contribution >= 0.6 is 0 Å². The van der Waals surface area contributed by atoms with Gasteiger partial charge in [-0.1, -0.05) is 18.2 Å². The van der Waals surface area contributed by atoms with Crippen molar-refractivity contribution in [2.75, 3.05) is 12.0 Å². The molecule has 3 rings (SSSR count). The maximum absolute atomic E-state index is 11.8. The molecule has 6 nitrogen and oxygen atoms in total. The molecule has 0 atom stereocenters. The Labute approximate surface area is 140 Å². The number of hydrogen-bond donors (Lipinski definition) is 1. The third-order valence-electron chi connectivity index (χ3n) is 3.59. The van der Waals surface area contributed by atoms with Crippen molar-refractivity contribution < 1.29 is 8.42 Å². The maximum atomic E-state index is 11.8. The highest BCUT2D eigenvalue weighted by Gasteiger charge is 2.16. The number of anilines is 1. The summed E-state index contributed by atoms with van der Waals surface area (Å²) >= 11 is 0. The lowest BCUT2D eigenvalue weighted by Crippen LogP contribution is -2.03. The van der Waals surface area contributed by atoms with Crippen LogP contribution in [0.4, 0.5) is 5.95 Å². The summed E-state index contributed by atoms with van der Waals surface area (Å²) in [5.74, 6) is 0.139. The monoisotopic (exact) mass is 340 g/mol. The van der Waals surface area contributed by atoms with Crippen molar-refractivity contribution >= 4 is 15.8 Å². The number of nitrogen functional groups attached to an aromatic ring is 1. The summed E-state index contributed by atoms with van der Waals surface area (Å²) < 4.78 is 23.7. The highest BCUT2D eigenvalue weighted by molar-refractivity contribution is 7.90. The zero-order valence-electron chi connectivity index (χ0n) is 13.3. The second kappa shape index (κ2) is 6.01. The standard InChI is InChI=1S/C17H16N4O2S/c1-11-15(13-6-4-8-19-10-13)16(21-17(18)20-11)12-5-3-7-14(9-12)24(2,22)23/h3-10H,1-2H3,(H2,18,20,21). The van der Waals surface area contributed by atoms with E-state index in [1.165, 1.54) is 6.26 Å². The Bertz CT molecular complexity index is 1000. The van der Waals surface area contributed by atoms with Gasteiger partial charge < -0.3 is 5.73 Å². The maximum Gasteiger partial charge on any atom is 0.220 e. The largest absolute Gasteiger partial charge is 0.368 e. The molecule has 122 valence electrons. The van der Waals surface area contributed by atoms with Gasteiger partial charge in [0.25, 0.3) is 0 Å². The predicted octanol–water partition coefficient (Wildman–Crippen LogP) is 2.50. The van der Waals surface area contributed by atoms with E-state index in [2.05, 4.69) is 15.0 Å². The third-order valence-corrected chi connectivity index (χ3v) is 4.70. The number of aromatic nitrogens is 3. The van der Waals surface area contributed by atoms with Crippen LogP contribution in [-0.4, -0.2) is 29.6 Å². The first-order chi connectivity index (χ1) is 11.4. The van der Waals surface area contributed by atoms with Crippen molar-refractivity contribution in [2.45, 2.75) is 11.8 Å². The van der Waals surface area contributed by atoms with E-state index in [1.54, 1.807) is 36.7 Å². The average molecular weight is 340 g/mol. The minimum Gasteiger partial charge on any atom is -0.368 e. The van der Waals surface area contributed by atoms with Crippen molar-refractivity contribution in [3.8, 4) is 22.4 Å². The van der Waals surface area contributed by atoms with Gasteiger partial charge in [-0.2, -0.15) is 0 Å². The van der Waals surface area contributed by atoms with Crippen LogP contribution in [0.15, 0.2) is 53.7 Å². The summed E-state index contributed by atoms with van der Waals surface area (Å²) in [5.41, 5.74) is 9.38. The Hall–Kier alpha value is -2.80. The van der Waals surface area contributed by atoms with Gasteiger partial charge in [0, 0.05) is 35.3 Å². The van der Waals surface area contributed by atoms with E-state index in [9.17, 15) is 8.42 Å². The van der Waals surface area contributed by atoms with Gasteiger partial charge in [0.2, 0.25) is 5.95 Å². The van der Waals surface area contributed by atoms with E-state index in [-0.39, 0.29) is 10.8 Å². The summed E-state index contributed by atoms with van der Waals surface area (Å²) in [6, 6.07) is 10.4. The Morgan fingerprint density at radius 2 is 1.79 bits per heavy atom. The molecular formula is C17H16N4O2S. The summed E-state index contributed by atoms with van der Waals surface area (Å²) in [5, 5.41) is 0. The highest BCUT2D eigenvalue weighted by atomic mass is 32.2. The molecule has 2 heterocycles. The zero-order valence-corrected chi connectivity index (χ0v) is 14.1. The molecule has 0 radical (unpaired) electrons. The van der Waals surface area contributed by atoms with Gasteiger partial charge in [0.05, 0.1) is 16.3 Å². The predicted molar refractivity (Wildman–Crippen MR) is 93.0 cm³/mol. The van der Waals surface area contributed by atoms with E-state index < -0.39 is 9.84 Å². The molecule has 1 aromatic carbocycles. The molecule has 0 saturated heterocycles. The normalized spacial score (nSPS) is 11.4. The SMILES string of the molecule is Cc1nc(N)nc(-c2cccc(S(C)(=O)=O)c2)c1-c1cccnc1. The van der Waals surface area contributed by atoms with Crippen LogP contribution in [0.3, 0.4) is 0 Å². The van der Waals surface area contributed by atoms with Crippen LogP contribution in [-0.2, 0) is 9.84 Å². The molecule has 0 unspecified atom stereocenters. The molecule has 2 aromatic heterocycles. The first-order valence-electron chi connectivity index (χ1n) is 7.21. The number of hydrogen-bond acceptors (Lipinski definition) is 6. The van der Waals surface area contributed by atoms with Crippen molar-refractivity contribution in [3.05, 3.63) is 54.5 Å². The van der Waals surface area contributed by atoms with Gasteiger partial charge in [-0.05, 0) is 25.1 Å². The second-order valence-electron chi connectivity index (χ2n) is 5.43. The first-order valence-corrected chi connectivity index (χ1v) is 9.10. The van der Waals surface area contributed by atoms with Crippen molar-refractivity contribution in [2.24, 2.45) is 0 Å². The minimum absolute atomic E-state index is 0.139. The number of pyridine rings is 1. The number of aryl methyl sites for hydroxylation is 1. The number of benzene rings is 1. The molecule has 0 amide bonds. The minimum atomic E-state index is -3.32. The lowest BCUT2D eigenvalue weighted by Gasteiger charge is -2.13. The van der Waals surface area contributed by atoms with E-state index in [4.69, 9.17) is 5.73 Å². The average Bonchev–Trinajstić information content (AvgIpc) is 2.54. The van der Waals surface area contributed by atoms with Gasteiger partial charge in [-0.15, -0.1) is 0 Å². The number of nitrogens with zero attached hydrogens (tertiary/aromatic N) is 3.